The highest BCUT2D eigenvalue weighted by molar-refractivity contribution is 6.29. The normalized spacial score (nSPS) is 11.7. The molecule has 0 bridgehead atoms. The average Bonchev–Trinajstić information content (AvgIpc) is 2.35. The highest BCUT2D eigenvalue weighted by Gasteiger charge is 2.17. The molecule has 0 aliphatic carbocycles. The summed E-state index contributed by atoms with van der Waals surface area (Å²) in [6.45, 7) is 1.47. The quantitative estimate of drug-likeness (QED) is 0.598. The Kier molecular flexibility index (Phi) is 4.97. The van der Waals surface area contributed by atoms with Gasteiger partial charge in [0.25, 0.3) is 0 Å². The minimum absolute atomic E-state index is 0.0284. The van der Waals surface area contributed by atoms with Gasteiger partial charge in [-0.3, -0.25) is 9.59 Å². The molecule has 1 aromatic carbocycles. The third-order valence-electron chi connectivity index (χ3n) is 2.02. The van der Waals surface area contributed by atoms with Crippen LogP contribution in [0.4, 0.5) is 0 Å². The maximum absolute atomic E-state index is 11.2. The van der Waals surface area contributed by atoms with E-state index in [0.29, 0.717) is 11.3 Å². The Morgan fingerprint density at radius 1 is 1.29 bits per heavy atom. The highest BCUT2D eigenvalue weighted by atomic mass is 35.5. The molecule has 4 nitrogen and oxygen atoms in total. The van der Waals surface area contributed by atoms with Crippen molar-refractivity contribution in [2.24, 2.45) is 0 Å². The molecule has 0 aliphatic heterocycles. The summed E-state index contributed by atoms with van der Waals surface area (Å²) in [7, 11) is 1.28. The Hall–Kier alpha value is -1.55. The first kappa shape index (κ1) is 13.5. The van der Waals surface area contributed by atoms with Crippen LogP contribution in [0.3, 0.4) is 0 Å². The minimum atomic E-state index is -0.832. The lowest BCUT2D eigenvalue weighted by Gasteiger charge is -2.08. The summed E-state index contributed by atoms with van der Waals surface area (Å²) in [4.78, 5) is 21.9. The Labute approximate surface area is 104 Å². The average molecular weight is 257 g/mol. The van der Waals surface area contributed by atoms with E-state index in [1.54, 1.807) is 24.3 Å². The van der Waals surface area contributed by atoms with Gasteiger partial charge in [0.2, 0.25) is 0 Å². The lowest BCUT2D eigenvalue weighted by Crippen LogP contribution is -2.09. The summed E-state index contributed by atoms with van der Waals surface area (Å²) in [5.74, 6) is -0.0133. The fraction of sp³-hybridized carbons (Fsp3) is 0.333. The first-order valence-corrected chi connectivity index (χ1v) is 5.42. The lowest BCUT2D eigenvalue weighted by molar-refractivity contribution is -0.140. The summed E-state index contributed by atoms with van der Waals surface area (Å²) in [5, 5.41) is -0.832. The van der Waals surface area contributed by atoms with E-state index in [2.05, 4.69) is 4.74 Å². The van der Waals surface area contributed by atoms with Gasteiger partial charge in [-0.05, 0) is 24.6 Å². The van der Waals surface area contributed by atoms with Crippen LogP contribution in [0, 0.1) is 0 Å². The number of Topliss-reactive ketones (excluding diaryl/α,β-unsaturated/α-hetero) is 1. The fourth-order valence-electron chi connectivity index (χ4n) is 1.16. The predicted octanol–water partition coefficient (Wildman–Crippen LogP) is 2.11. The molecule has 0 aliphatic rings. The maximum Gasteiger partial charge on any atom is 0.328 e. The van der Waals surface area contributed by atoms with Crippen molar-refractivity contribution in [1.29, 1.82) is 0 Å². The second kappa shape index (κ2) is 6.25. The van der Waals surface area contributed by atoms with Crippen LogP contribution < -0.4 is 4.74 Å². The Bertz CT molecular complexity index is 399. The van der Waals surface area contributed by atoms with Gasteiger partial charge in [-0.1, -0.05) is 12.1 Å². The van der Waals surface area contributed by atoms with E-state index in [1.165, 1.54) is 14.0 Å². The van der Waals surface area contributed by atoms with Crippen LogP contribution >= 0.6 is 11.6 Å². The van der Waals surface area contributed by atoms with Crippen LogP contribution in [-0.4, -0.2) is 25.5 Å². The van der Waals surface area contributed by atoms with E-state index < -0.39 is 11.3 Å². The minimum Gasteiger partial charge on any atom is -0.486 e. The van der Waals surface area contributed by atoms with Crippen LogP contribution in [0.1, 0.15) is 17.9 Å². The Balaban J connectivity index is 2.67. The van der Waals surface area contributed by atoms with Gasteiger partial charge in [-0.2, -0.15) is 0 Å². The van der Waals surface area contributed by atoms with E-state index in [0.717, 1.165) is 0 Å². The Morgan fingerprint density at radius 3 is 2.35 bits per heavy atom. The lowest BCUT2D eigenvalue weighted by atomic mass is 10.1. The van der Waals surface area contributed by atoms with Crippen LogP contribution in [-0.2, 0) is 14.3 Å². The molecule has 0 radical (unpaired) electrons. The molecule has 92 valence electrons. The van der Waals surface area contributed by atoms with Crippen LogP contribution in [0.5, 0.6) is 5.75 Å². The molecule has 0 amide bonds. The smallest absolute Gasteiger partial charge is 0.328 e. The largest absolute Gasteiger partial charge is 0.486 e. The number of ketones is 1. The molecular weight excluding hydrogens is 244 g/mol. The SMILES string of the molecule is COC(=O)C(Cl)c1ccc(OCC(C)=O)cc1. The zero-order valence-corrected chi connectivity index (χ0v) is 10.4. The standard InChI is InChI=1S/C12H13ClO4/c1-8(14)7-17-10-5-3-9(4-6-10)11(13)12(15)16-2/h3-6,11H,7H2,1-2H3. The Morgan fingerprint density at radius 2 is 1.88 bits per heavy atom. The van der Waals surface area contributed by atoms with E-state index in [4.69, 9.17) is 16.3 Å². The number of hydrogen-bond donors (Lipinski definition) is 0. The molecule has 1 aromatic rings. The van der Waals surface area contributed by atoms with Gasteiger partial charge in [0, 0.05) is 0 Å². The van der Waals surface area contributed by atoms with E-state index >= 15 is 0 Å². The van der Waals surface area contributed by atoms with Gasteiger partial charge in [-0.25, -0.2) is 0 Å². The second-order valence-corrected chi connectivity index (χ2v) is 3.88. The number of alkyl halides is 1. The van der Waals surface area contributed by atoms with Gasteiger partial charge in [0.15, 0.2) is 11.2 Å². The molecule has 0 fully saturated rings. The molecule has 1 unspecified atom stereocenters. The monoisotopic (exact) mass is 256 g/mol. The van der Waals surface area contributed by atoms with Crippen molar-refractivity contribution in [3.8, 4) is 5.75 Å². The molecule has 0 N–H and O–H groups in total. The van der Waals surface area contributed by atoms with Gasteiger partial charge in [0.1, 0.15) is 12.4 Å². The molecule has 5 heteroatoms. The van der Waals surface area contributed by atoms with Crippen molar-refractivity contribution in [1.82, 2.24) is 0 Å². The van der Waals surface area contributed by atoms with Crippen molar-refractivity contribution in [2.45, 2.75) is 12.3 Å². The number of rotatable bonds is 5. The predicted molar refractivity (Wildman–Crippen MR) is 63.2 cm³/mol. The molecule has 0 saturated carbocycles. The van der Waals surface area contributed by atoms with Crippen LogP contribution in [0.25, 0.3) is 0 Å². The number of carbonyl (C=O) groups excluding carboxylic acids is 2. The number of carbonyl (C=O) groups is 2. The summed E-state index contributed by atoms with van der Waals surface area (Å²) >= 11 is 5.87. The number of benzene rings is 1. The van der Waals surface area contributed by atoms with E-state index in [-0.39, 0.29) is 12.4 Å². The summed E-state index contributed by atoms with van der Waals surface area (Å²) < 4.78 is 9.71. The molecule has 17 heavy (non-hydrogen) atoms. The van der Waals surface area contributed by atoms with Crippen molar-refractivity contribution in [2.75, 3.05) is 13.7 Å². The second-order valence-electron chi connectivity index (χ2n) is 3.45. The number of hydrogen-bond acceptors (Lipinski definition) is 4. The zero-order chi connectivity index (χ0) is 12.8. The van der Waals surface area contributed by atoms with Gasteiger partial charge < -0.3 is 9.47 Å². The van der Waals surface area contributed by atoms with Crippen molar-refractivity contribution in [3.05, 3.63) is 29.8 Å². The number of ether oxygens (including phenoxy) is 2. The summed E-state index contributed by atoms with van der Waals surface area (Å²) in [5.41, 5.74) is 0.619. The number of halogens is 1. The van der Waals surface area contributed by atoms with Crippen LogP contribution in [0.15, 0.2) is 24.3 Å². The molecule has 1 atom stereocenters. The summed E-state index contributed by atoms with van der Waals surface area (Å²) in [6, 6.07) is 6.61. The van der Waals surface area contributed by atoms with Crippen molar-refractivity contribution in [3.63, 3.8) is 0 Å². The first-order chi connectivity index (χ1) is 8.04. The molecule has 0 spiro atoms. The molecule has 0 heterocycles. The third-order valence-corrected chi connectivity index (χ3v) is 2.45. The molecule has 1 rings (SSSR count). The number of esters is 1. The van der Waals surface area contributed by atoms with E-state index in [1.807, 2.05) is 0 Å². The highest BCUT2D eigenvalue weighted by Crippen LogP contribution is 2.23. The fourth-order valence-corrected chi connectivity index (χ4v) is 1.39. The van der Waals surface area contributed by atoms with Gasteiger partial charge in [-0.15, -0.1) is 11.6 Å². The third kappa shape index (κ3) is 4.07. The topological polar surface area (TPSA) is 52.6 Å². The van der Waals surface area contributed by atoms with Gasteiger partial charge in [0.05, 0.1) is 7.11 Å². The maximum atomic E-state index is 11.2. The van der Waals surface area contributed by atoms with Crippen molar-refractivity contribution < 1.29 is 19.1 Å². The number of methoxy groups -OCH3 is 1. The summed E-state index contributed by atoms with van der Waals surface area (Å²) in [6.07, 6.45) is 0. The molecular formula is C12H13ClO4. The van der Waals surface area contributed by atoms with Crippen molar-refractivity contribution >= 4 is 23.4 Å². The van der Waals surface area contributed by atoms with Gasteiger partial charge >= 0.3 is 5.97 Å². The van der Waals surface area contributed by atoms with E-state index in [9.17, 15) is 9.59 Å². The molecule has 0 aromatic heterocycles. The molecule has 0 saturated heterocycles. The zero-order valence-electron chi connectivity index (χ0n) is 9.60. The van der Waals surface area contributed by atoms with Crippen LogP contribution in [0.2, 0.25) is 0 Å². The first-order valence-electron chi connectivity index (χ1n) is 4.98.